The molecule has 0 aliphatic heterocycles. The maximum atomic E-state index is 5.68. The molecule has 0 aromatic carbocycles. The van der Waals surface area contributed by atoms with Crippen LogP contribution in [0.15, 0.2) is 23.5 Å². The van der Waals surface area contributed by atoms with E-state index in [9.17, 15) is 0 Å². The molecule has 0 heterocycles. The molecular formula is C8H14N2S. The van der Waals surface area contributed by atoms with E-state index in [1.807, 2.05) is 0 Å². The topological polar surface area (TPSA) is 38.0 Å². The number of thiol groups is 1. The van der Waals surface area contributed by atoms with E-state index in [2.05, 4.69) is 29.7 Å². The smallest absolute Gasteiger partial charge is 0.0172 e. The minimum absolute atomic E-state index is 0.850. The van der Waals surface area contributed by atoms with Crippen LogP contribution in [0.1, 0.15) is 25.7 Å². The van der Waals surface area contributed by atoms with Crippen LogP contribution in [0.4, 0.5) is 0 Å². The zero-order chi connectivity index (χ0) is 8.10. The largest absolute Gasteiger partial charge is 0.402 e. The van der Waals surface area contributed by atoms with E-state index in [0.717, 1.165) is 31.4 Å². The highest BCUT2D eigenvalue weighted by Gasteiger charge is 1.98. The van der Waals surface area contributed by atoms with Gasteiger partial charge < -0.3 is 10.5 Å². The van der Waals surface area contributed by atoms with Gasteiger partial charge in [0.05, 0.1) is 0 Å². The normalized spacial score (nSPS) is 28.8. The monoisotopic (exact) mass is 170 g/mol. The second-order valence-electron chi connectivity index (χ2n) is 2.72. The molecule has 0 amide bonds. The van der Waals surface area contributed by atoms with Crippen LogP contribution in [0.25, 0.3) is 0 Å². The number of allylic oxidation sites excluding steroid dienone is 3. The summed E-state index contributed by atoms with van der Waals surface area (Å²) >= 11 is 4.00. The zero-order valence-corrected chi connectivity index (χ0v) is 7.40. The Morgan fingerprint density at radius 2 is 2.27 bits per heavy atom. The maximum Gasteiger partial charge on any atom is 0.0172 e. The molecule has 62 valence electrons. The van der Waals surface area contributed by atoms with Crippen molar-refractivity contribution in [3.8, 4) is 0 Å². The lowest BCUT2D eigenvalue weighted by Crippen LogP contribution is -2.04. The molecule has 11 heavy (non-hydrogen) atoms. The van der Waals surface area contributed by atoms with Gasteiger partial charge in [-0.1, -0.05) is 25.0 Å². The molecule has 1 rings (SSSR count). The predicted octanol–water partition coefficient (Wildman–Crippen LogP) is 1.72. The Morgan fingerprint density at radius 1 is 1.45 bits per heavy atom. The molecule has 0 radical (unpaired) electrons. The van der Waals surface area contributed by atoms with Gasteiger partial charge in [0.15, 0.2) is 0 Å². The Morgan fingerprint density at radius 3 is 3.00 bits per heavy atom. The first-order valence-corrected chi connectivity index (χ1v) is 4.31. The number of nitrogens with one attached hydrogen (secondary N) is 1. The summed E-state index contributed by atoms with van der Waals surface area (Å²) in [5.41, 5.74) is 7.83. The highest BCUT2D eigenvalue weighted by atomic mass is 32.1. The van der Waals surface area contributed by atoms with E-state index in [4.69, 9.17) is 5.73 Å². The van der Waals surface area contributed by atoms with Crippen LogP contribution >= 0.6 is 12.8 Å². The lowest BCUT2D eigenvalue weighted by molar-refractivity contribution is 0.788. The van der Waals surface area contributed by atoms with E-state index >= 15 is 0 Å². The lowest BCUT2D eigenvalue weighted by atomic mass is 10.1. The first-order valence-electron chi connectivity index (χ1n) is 3.86. The third-order valence-electron chi connectivity index (χ3n) is 1.78. The van der Waals surface area contributed by atoms with Crippen LogP contribution in [0.3, 0.4) is 0 Å². The van der Waals surface area contributed by atoms with Gasteiger partial charge in [-0.3, -0.25) is 0 Å². The van der Waals surface area contributed by atoms with E-state index in [1.54, 1.807) is 0 Å². The van der Waals surface area contributed by atoms with Crippen molar-refractivity contribution < 1.29 is 0 Å². The van der Waals surface area contributed by atoms with Crippen molar-refractivity contribution in [3.63, 3.8) is 0 Å². The second-order valence-corrected chi connectivity index (χ2v) is 2.94. The van der Waals surface area contributed by atoms with Gasteiger partial charge in [-0.2, -0.15) is 0 Å². The van der Waals surface area contributed by atoms with Crippen molar-refractivity contribution in [3.05, 3.63) is 23.5 Å². The molecule has 1 aliphatic rings. The van der Waals surface area contributed by atoms with Gasteiger partial charge in [0.25, 0.3) is 0 Å². The first-order chi connectivity index (χ1) is 5.33. The number of hydrogen-bond donors (Lipinski definition) is 3. The Balaban J connectivity index is 2.55. The Hall–Kier alpha value is -0.570. The van der Waals surface area contributed by atoms with Crippen molar-refractivity contribution in [1.29, 1.82) is 0 Å². The fourth-order valence-electron chi connectivity index (χ4n) is 1.11. The van der Waals surface area contributed by atoms with Gasteiger partial charge in [-0.05, 0) is 19.3 Å². The fourth-order valence-corrected chi connectivity index (χ4v) is 1.31. The summed E-state index contributed by atoms with van der Waals surface area (Å²) in [5, 5.41) is 0. The predicted molar refractivity (Wildman–Crippen MR) is 50.9 cm³/mol. The summed E-state index contributed by atoms with van der Waals surface area (Å²) in [6.45, 7) is 0. The molecule has 3 heteroatoms. The van der Waals surface area contributed by atoms with Gasteiger partial charge in [0.2, 0.25) is 0 Å². The molecule has 0 saturated heterocycles. The quantitative estimate of drug-likeness (QED) is 0.524. The van der Waals surface area contributed by atoms with E-state index < -0.39 is 0 Å². The highest BCUT2D eigenvalue weighted by Crippen LogP contribution is 2.12. The molecule has 0 spiro atoms. The summed E-state index contributed by atoms with van der Waals surface area (Å²) < 4.78 is 2.86. The Kier molecular flexibility index (Phi) is 3.36. The van der Waals surface area contributed by atoms with Crippen molar-refractivity contribution in [2.75, 3.05) is 0 Å². The van der Waals surface area contributed by atoms with Gasteiger partial charge in [0.1, 0.15) is 0 Å². The fraction of sp³-hybridized carbons (Fsp3) is 0.500. The standard InChI is InChI=1S/C8H14N2S/c9-7-3-1-2-4-8(10-11)6-5-7/h3,6,10-11H,1-2,4-5,9H2/b7-3-,8-6+. The van der Waals surface area contributed by atoms with E-state index in [-0.39, 0.29) is 0 Å². The second kappa shape index (κ2) is 4.34. The summed E-state index contributed by atoms with van der Waals surface area (Å²) in [4.78, 5) is 0. The summed E-state index contributed by atoms with van der Waals surface area (Å²) in [6.07, 6.45) is 8.36. The van der Waals surface area contributed by atoms with Gasteiger partial charge in [0, 0.05) is 17.8 Å². The van der Waals surface area contributed by atoms with Crippen molar-refractivity contribution in [1.82, 2.24) is 4.72 Å². The minimum Gasteiger partial charge on any atom is -0.402 e. The van der Waals surface area contributed by atoms with Crippen LogP contribution in [0, 0.1) is 0 Å². The molecule has 0 fully saturated rings. The van der Waals surface area contributed by atoms with Gasteiger partial charge in [-0.25, -0.2) is 0 Å². The molecular weight excluding hydrogens is 156 g/mol. The molecule has 0 aromatic heterocycles. The molecule has 0 atom stereocenters. The van der Waals surface area contributed by atoms with Crippen LogP contribution < -0.4 is 10.5 Å². The molecule has 1 aliphatic carbocycles. The molecule has 0 unspecified atom stereocenters. The van der Waals surface area contributed by atoms with Crippen LogP contribution in [0.5, 0.6) is 0 Å². The average molecular weight is 170 g/mol. The average Bonchev–Trinajstić information content (AvgIpc) is 1.98. The molecule has 0 bridgehead atoms. The minimum atomic E-state index is 0.850. The molecule has 0 aromatic rings. The van der Waals surface area contributed by atoms with Crippen LogP contribution in [-0.4, -0.2) is 0 Å². The number of hydrogen-bond acceptors (Lipinski definition) is 3. The summed E-state index contributed by atoms with van der Waals surface area (Å²) in [7, 11) is 0. The van der Waals surface area contributed by atoms with E-state index in [1.165, 1.54) is 5.70 Å². The van der Waals surface area contributed by atoms with Crippen LogP contribution in [-0.2, 0) is 0 Å². The molecule has 0 saturated carbocycles. The highest BCUT2D eigenvalue weighted by molar-refractivity contribution is 7.78. The maximum absolute atomic E-state index is 5.68. The first kappa shape index (κ1) is 8.53. The SMILES string of the molecule is N/C1=C\CCC/C(NS)=C\C1. The number of nitrogens with two attached hydrogens (primary N) is 1. The van der Waals surface area contributed by atoms with Gasteiger partial charge in [-0.15, -0.1) is 0 Å². The number of rotatable bonds is 1. The third kappa shape index (κ3) is 2.89. The van der Waals surface area contributed by atoms with Crippen molar-refractivity contribution in [2.24, 2.45) is 5.73 Å². The zero-order valence-electron chi connectivity index (χ0n) is 6.51. The summed E-state index contributed by atoms with van der Waals surface area (Å²) in [6, 6.07) is 0. The summed E-state index contributed by atoms with van der Waals surface area (Å²) in [5.74, 6) is 0. The molecule has 3 N–H and O–H groups in total. The Bertz CT molecular complexity index is 185. The van der Waals surface area contributed by atoms with Crippen molar-refractivity contribution in [2.45, 2.75) is 25.7 Å². The lowest BCUT2D eigenvalue weighted by Gasteiger charge is -2.08. The van der Waals surface area contributed by atoms with Crippen molar-refractivity contribution >= 4 is 12.8 Å². The molecule has 2 nitrogen and oxygen atoms in total. The third-order valence-corrected chi connectivity index (χ3v) is 2.07. The van der Waals surface area contributed by atoms with Gasteiger partial charge >= 0.3 is 0 Å². The van der Waals surface area contributed by atoms with E-state index in [0.29, 0.717) is 0 Å². The van der Waals surface area contributed by atoms with Crippen LogP contribution in [0.2, 0.25) is 0 Å². The Labute approximate surface area is 73.1 Å².